The third-order valence-corrected chi connectivity index (χ3v) is 2.77. The van der Waals surface area contributed by atoms with Crippen LogP contribution in [0, 0.1) is 10.1 Å². The number of nitro groups is 1. The van der Waals surface area contributed by atoms with Gasteiger partial charge in [0.1, 0.15) is 5.78 Å². The first-order valence-corrected chi connectivity index (χ1v) is 6.44. The Hall–Kier alpha value is -2.24. The molecular weight excluding hydrogens is 262 g/mol. The maximum Gasteiger partial charge on any atom is 0.306 e. The minimum Gasteiger partial charge on any atom is -0.466 e. The maximum absolute atomic E-state index is 11.6. The fraction of sp³-hybridized carbons (Fsp3) is 0.429. The lowest BCUT2D eigenvalue weighted by molar-refractivity contribution is -0.385. The van der Waals surface area contributed by atoms with Crippen molar-refractivity contribution in [1.29, 1.82) is 0 Å². The lowest BCUT2D eigenvalue weighted by Crippen LogP contribution is -2.08. The van der Waals surface area contributed by atoms with E-state index in [1.165, 1.54) is 6.07 Å². The molecule has 0 aliphatic heterocycles. The van der Waals surface area contributed by atoms with Crippen LogP contribution in [-0.4, -0.2) is 23.3 Å². The highest BCUT2D eigenvalue weighted by atomic mass is 16.6. The highest BCUT2D eigenvalue weighted by Gasteiger charge is 2.14. The van der Waals surface area contributed by atoms with Crippen molar-refractivity contribution >= 4 is 17.4 Å². The zero-order chi connectivity index (χ0) is 15.0. The predicted molar refractivity (Wildman–Crippen MR) is 72.3 cm³/mol. The van der Waals surface area contributed by atoms with Gasteiger partial charge in [0.05, 0.1) is 18.0 Å². The number of Topliss-reactive ketones (excluding diaryl/α,β-unsaturated/α-hetero) is 1. The average molecular weight is 279 g/mol. The number of esters is 1. The summed E-state index contributed by atoms with van der Waals surface area (Å²) in [6.45, 7) is 2.00. The molecule has 1 rings (SSSR count). The van der Waals surface area contributed by atoms with Crippen molar-refractivity contribution in [3.8, 4) is 0 Å². The van der Waals surface area contributed by atoms with E-state index in [2.05, 4.69) is 0 Å². The summed E-state index contributed by atoms with van der Waals surface area (Å²) in [4.78, 5) is 33.1. The normalized spacial score (nSPS) is 10.1. The number of ketones is 1. The molecule has 0 saturated carbocycles. The number of carbonyl (C=O) groups excluding carboxylic acids is 2. The molecule has 6 heteroatoms. The van der Waals surface area contributed by atoms with Crippen LogP contribution in [0.1, 0.15) is 31.7 Å². The quantitative estimate of drug-likeness (QED) is 0.414. The number of ether oxygens (including phenoxy) is 1. The number of rotatable bonds is 8. The van der Waals surface area contributed by atoms with E-state index in [1.807, 2.05) is 0 Å². The Morgan fingerprint density at radius 3 is 2.55 bits per heavy atom. The number of nitrogens with zero attached hydrogens (tertiary/aromatic N) is 1. The van der Waals surface area contributed by atoms with Crippen LogP contribution in [-0.2, 0) is 20.7 Å². The van der Waals surface area contributed by atoms with Gasteiger partial charge in [0, 0.05) is 24.5 Å². The summed E-state index contributed by atoms with van der Waals surface area (Å²) < 4.78 is 4.73. The van der Waals surface area contributed by atoms with E-state index < -0.39 is 10.9 Å². The Balaban J connectivity index is 2.45. The maximum atomic E-state index is 11.6. The van der Waals surface area contributed by atoms with Gasteiger partial charge in [0.2, 0.25) is 0 Å². The molecular formula is C14H17NO5. The van der Waals surface area contributed by atoms with Crippen molar-refractivity contribution in [1.82, 2.24) is 0 Å². The van der Waals surface area contributed by atoms with Gasteiger partial charge in [-0.25, -0.2) is 0 Å². The second-order valence-corrected chi connectivity index (χ2v) is 4.23. The first-order chi connectivity index (χ1) is 9.54. The molecule has 0 heterocycles. The molecule has 0 spiro atoms. The Kier molecular flexibility index (Phi) is 6.36. The molecule has 20 heavy (non-hydrogen) atoms. The van der Waals surface area contributed by atoms with Crippen LogP contribution >= 0.6 is 0 Å². The van der Waals surface area contributed by atoms with Crippen molar-refractivity contribution in [2.75, 3.05) is 6.61 Å². The first kappa shape index (κ1) is 15.8. The Morgan fingerprint density at radius 1 is 1.20 bits per heavy atom. The zero-order valence-electron chi connectivity index (χ0n) is 11.3. The van der Waals surface area contributed by atoms with Gasteiger partial charge in [-0.2, -0.15) is 0 Å². The Labute approximate surface area is 116 Å². The third kappa shape index (κ3) is 5.17. The van der Waals surface area contributed by atoms with Crippen molar-refractivity contribution in [3.05, 3.63) is 39.9 Å². The monoisotopic (exact) mass is 279 g/mol. The fourth-order valence-corrected chi connectivity index (χ4v) is 1.77. The van der Waals surface area contributed by atoms with Crippen LogP contribution in [0.5, 0.6) is 0 Å². The molecule has 0 aromatic heterocycles. The molecule has 0 amide bonds. The minimum atomic E-state index is -0.460. The minimum absolute atomic E-state index is 0.0192. The molecule has 0 aliphatic carbocycles. The van der Waals surface area contributed by atoms with E-state index in [4.69, 9.17) is 4.74 Å². The summed E-state index contributed by atoms with van der Waals surface area (Å²) >= 11 is 0. The van der Waals surface area contributed by atoms with Gasteiger partial charge in [0.15, 0.2) is 0 Å². The molecule has 6 nitrogen and oxygen atoms in total. The fourth-order valence-electron chi connectivity index (χ4n) is 1.77. The number of para-hydroxylation sites is 1. The molecule has 0 N–H and O–H groups in total. The van der Waals surface area contributed by atoms with Crippen molar-refractivity contribution in [2.24, 2.45) is 0 Å². The second-order valence-electron chi connectivity index (χ2n) is 4.23. The van der Waals surface area contributed by atoms with E-state index in [0.717, 1.165) is 0 Å². The number of carbonyl (C=O) groups is 2. The first-order valence-electron chi connectivity index (χ1n) is 6.44. The van der Waals surface area contributed by atoms with Gasteiger partial charge in [-0.1, -0.05) is 18.2 Å². The van der Waals surface area contributed by atoms with Crippen LogP contribution in [0.3, 0.4) is 0 Å². The van der Waals surface area contributed by atoms with E-state index in [0.29, 0.717) is 18.6 Å². The largest absolute Gasteiger partial charge is 0.466 e. The van der Waals surface area contributed by atoms with Crippen LogP contribution in [0.4, 0.5) is 5.69 Å². The molecule has 0 fully saturated rings. The number of nitro benzene ring substituents is 1. The third-order valence-electron chi connectivity index (χ3n) is 2.77. The van der Waals surface area contributed by atoms with Crippen LogP contribution in [0.15, 0.2) is 24.3 Å². The molecule has 0 aliphatic rings. The SMILES string of the molecule is CCOC(=O)CCC(=O)CCc1ccccc1[N+](=O)[O-]. The molecule has 108 valence electrons. The molecule has 0 unspecified atom stereocenters. The molecule has 1 aromatic rings. The Bertz CT molecular complexity index is 498. The summed E-state index contributed by atoms with van der Waals surface area (Å²) in [6, 6.07) is 6.34. The van der Waals surface area contributed by atoms with E-state index in [-0.39, 0.29) is 30.7 Å². The lowest BCUT2D eigenvalue weighted by Gasteiger charge is -2.03. The molecule has 0 radical (unpaired) electrons. The topological polar surface area (TPSA) is 86.5 Å². The van der Waals surface area contributed by atoms with Gasteiger partial charge < -0.3 is 4.74 Å². The molecule has 0 saturated heterocycles. The molecule has 1 aromatic carbocycles. The summed E-state index contributed by atoms with van der Waals surface area (Å²) in [7, 11) is 0. The van der Waals surface area contributed by atoms with E-state index in [9.17, 15) is 19.7 Å². The van der Waals surface area contributed by atoms with E-state index >= 15 is 0 Å². The summed E-state index contributed by atoms with van der Waals surface area (Å²) in [6.07, 6.45) is 0.659. The highest BCUT2D eigenvalue weighted by molar-refractivity contribution is 5.83. The smallest absolute Gasteiger partial charge is 0.306 e. The number of hydrogen-bond donors (Lipinski definition) is 0. The lowest BCUT2D eigenvalue weighted by atomic mass is 10.0. The van der Waals surface area contributed by atoms with Crippen molar-refractivity contribution in [2.45, 2.75) is 32.6 Å². The van der Waals surface area contributed by atoms with Crippen molar-refractivity contribution in [3.63, 3.8) is 0 Å². The standard InChI is InChI=1S/C14H17NO5/c1-2-20-14(17)10-9-12(16)8-7-11-5-3-4-6-13(11)15(18)19/h3-6H,2,7-10H2,1H3. The van der Waals surface area contributed by atoms with Crippen LogP contribution < -0.4 is 0 Å². The summed E-state index contributed by atoms with van der Waals surface area (Å²) in [5.74, 6) is -0.497. The van der Waals surface area contributed by atoms with Crippen LogP contribution in [0.2, 0.25) is 0 Å². The second kappa shape index (κ2) is 8.04. The highest BCUT2D eigenvalue weighted by Crippen LogP contribution is 2.19. The van der Waals surface area contributed by atoms with Gasteiger partial charge in [-0.05, 0) is 13.3 Å². The summed E-state index contributed by atoms with van der Waals surface area (Å²) in [5.41, 5.74) is 0.549. The van der Waals surface area contributed by atoms with Crippen molar-refractivity contribution < 1.29 is 19.2 Å². The Morgan fingerprint density at radius 2 is 1.90 bits per heavy atom. The molecule has 0 atom stereocenters. The molecule has 0 bridgehead atoms. The van der Waals surface area contributed by atoms with Gasteiger partial charge in [0.25, 0.3) is 5.69 Å². The average Bonchev–Trinajstić information content (AvgIpc) is 2.43. The van der Waals surface area contributed by atoms with Crippen LogP contribution in [0.25, 0.3) is 0 Å². The van der Waals surface area contributed by atoms with E-state index in [1.54, 1.807) is 25.1 Å². The van der Waals surface area contributed by atoms with Gasteiger partial charge in [-0.15, -0.1) is 0 Å². The number of benzene rings is 1. The van der Waals surface area contributed by atoms with Gasteiger partial charge in [-0.3, -0.25) is 19.7 Å². The zero-order valence-corrected chi connectivity index (χ0v) is 11.3. The van der Waals surface area contributed by atoms with Gasteiger partial charge >= 0.3 is 5.97 Å². The number of aryl methyl sites for hydroxylation is 1. The summed E-state index contributed by atoms with van der Waals surface area (Å²) in [5, 5.41) is 10.8. The predicted octanol–water partition coefficient (Wildman–Crippen LogP) is 2.44. The number of hydrogen-bond acceptors (Lipinski definition) is 5.